The Balaban J connectivity index is 1.46. The molecule has 3 aromatic carbocycles. The largest absolute Gasteiger partial charge is 0.494 e. The molecule has 0 N–H and O–H groups in total. The van der Waals surface area contributed by atoms with E-state index in [1.807, 2.05) is 123 Å². The molecule has 258 valence electrons. The van der Waals surface area contributed by atoms with Gasteiger partial charge in [0.2, 0.25) is 0 Å². The second-order valence-corrected chi connectivity index (χ2v) is 15.0. The highest BCUT2D eigenvalue weighted by atomic mass is 32.2. The van der Waals surface area contributed by atoms with Crippen LogP contribution in [0.3, 0.4) is 0 Å². The number of allylic oxidation sites excluding steroid dienone is 1. The Bertz CT molecular complexity index is 2180. The van der Waals surface area contributed by atoms with E-state index in [1.54, 1.807) is 16.3 Å². The fourth-order valence-corrected chi connectivity index (χ4v) is 7.14. The molecule has 1 unspecified atom stereocenters. The summed E-state index contributed by atoms with van der Waals surface area (Å²) in [6.45, 7) is 11.1. The Morgan fingerprint density at radius 2 is 1.70 bits per heavy atom. The molecule has 0 aliphatic carbocycles. The van der Waals surface area contributed by atoms with Crippen LogP contribution in [-0.4, -0.2) is 39.8 Å². The van der Waals surface area contributed by atoms with Gasteiger partial charge in [-0.3, -0.25) is 9.36 Å². The first-order chi connectivity index (χ1) is 24.1. The highest BCUT2D eigenvalue weighted by molar-refractivity contribution is 7.98. The molecule has 1 aliphatic rings. The monoisotopic (exact) mass is 706 g/mol. The molecule has 2 aromatic heterocycles. The Hall–Kier alpha value is -4.67. The van der Waals surface area contributed by atoms with Crippen LogP contribution >= 0.6 is 23.1 Å². The molecule has 6 rings (SSSR count). The van der Waals surface area contributed by atoms with Crippen molar-refractivity contribution in [1.29, 1.82) is 0 Å². The molecule has 0 radical (unpaired) electrons. The SMILES string of the molecule is CSc1ccc(C2C(C(=O)OCC(C)C)=C(C)N=c3sc(=Cc4cn(-c5ccccc5)nc4-c4ccc(OCCC(C)C)cc4)c(=O)n32)cc1. The highest BCUT2D eigenvalue weighted by Gasteiger charge is 2.33. The number of thioether (sulfide) groups is 1. The number of carbonyl (C=O) groups excluding carboxylic acids is 1. The molecule has 10 heteroatoms. The number of rotatable bonds is 12. The summed E-state index contributed by atoms with van der Waals surface area (Å²) < 4.78 is 15.6. The van der Waals surface area contributed by atoms with Crippen LogP contribution in [0.15, 0.2) is 111 Å². The van der Waals surface area contributed by atoms with E-state index in [0.29, 0.717) is 33.1 Å². The first-order valence-corrected chi connectivity index (χ1v) is 18.9. The lowest BCUT2D eigenvalue weighted by atomic mass is 9.96. The third-order valence-corrected chi connectivity index (χ3v) is 10.1. The second-order valence-electron chi connectivity index (χ2n) is 13.1. The fourth-order valence-electron chi connectivity index (χ4n) is 5.70. The summed E-state index contributed by atoms with van der Waals surface area (Å²) in [5.74, 6) is 1.07. The molecule has 0 saturated heterocycles. The van der Waals surface area contributed by atoms with Crippen molar-refractivity contribution in [2.75, 3.05) is 19.5 Å². The number of ether oxygens (including phenoxy) is 2. The average Bonchev–Trinajstić information content (AvgIpc) is 3.67. The van der Waals surface area contributed by atoms with E-state index >= 15 is 0 Å². The predicted molar refractivity (Wildman–Crippen MR) is 202 cm³/mol. The zero-order valence-electron chi connectivity index (χ0n) is 29.3. The molecule has 0 bridgehead atoms. The van der Waals surface area contributed by atoms with Gasteiger partial charge in [-0.2, -0.15) is 5.10 Å². The van der Waals surface area contributed by atoms with Gasteiger partial charge in [0.1, 0.15) is 11.4 Å². The van der Waals surface area contributed by atoms with Crippen molar-refractivity contribution in [3.63, 3.8) is 0 Å². The molecular weight excluding hydrogens is 665 g/mol. The molecule has 8 nitrogen and oxygen atoms in total. The Morgan fingerprint density at radius 3 is 2.36 bits per heavy atom. The van der Waals surface area contributed by atoms with Crippen LogP contribution in [0.1, 0.15) is 58.2 Å². The molecular formula is C40H42N4O4S2. The van der Waals surface area contributed by atoms with E-state index in [1.165, 1.54) is 11.3 Å². The lowest BCUT2D eigenvalue weighted by Gasteiger charge is -2.25. The number of nitrogens with zero attached hydrogens (tertiary/aromatic N) is 4. The average molecular weight is 707 g/mol. The first kappa shape index (κ1) is 35.2. The Morgan fingerprint density at radius 1 is 0.980 bits per heavy atom. The molecule has 0 amide bonds. The number of benzene rings is 3. The normalized spacial score (nSPS) is 14.6. The third-order valence-electron chi connectivity index (χ3n) is 8.36. The molecule has 1 atom stereocenters. The summed E-state index contributed by atoms with van der Waals surface area (Å²) in [4.78, 5) is 34.4. The molecule has 1 aliphatic heterocycles. The fraction of sp³-hybridized carbons (Fsp3) is 0.300. The van der Waals surface area contributed by atoms with Gasteiger partial charge in [0.25, 0.3) is 5.56 Å². The number of aromatic nitrogens is 3. The maximum atomic E-state index is 14.4. The number of thiazole rings is 1. The number of esters is 1. The van der Waals surface area contributed by atoms with Gasteiger partial charge in [-0.15, -0.1) is 11.8 Å². The van der Waals surface area contributed by atoms with E-state index in [-0.39, 0.29) is 18.1 Å². The van der Waals surface area contributed by atoms with Gasteiger partial charge < -0.3 is 9.47 Å². The minimum Gasteiger partial charge on any atom is -0.494 e. The van der Waals surface area contributed by atoms with Gasteiger partial charge in [0.05, 0.1) is 40.7 Å². The van der Waals surface area contributed by atoms with Crippen molar-refractivity contribution in [3.05, 3.63) is 127 Å². The number of fused-ring (bicyclic) bond motifs is 1. The van der Waals surface area contributed by atoms with E-state index in [0.717, 1.165) is 45.1 Å². The number of para-hydroxylation sites is 1. The van der Waals surface area contributed by atoms with E-state index in [9.17, 15) is 9.59 Å². The van der Waals surface area contributed by atoms with Crippen LogP contribution < -0.4 is 19.6 Å². The molecule has 0 fully saturated rings. The molecule has 0 saturated carbocycles. The first-order valence-electron chi connectivity index (χ1n) is 16.8. The van der Waals surface area contributed by atoms with Crippen LogP contribution in [-0.2, 0) is 9.53 Å². The third kappa shape index (κ3) is 7.71. The van der Waals surface area contributed by atoms with Crippen LogP contribution in [0.25, 0.3) is 23.0 Å². The van der Waals surface area contributed by atoms with Crippen molar-refractivity contribution in [2.45, 2.75) is 52.0 Å². The van der Waals surface area contributed by atoms with E-state index < -0.39 is 12.0 Å². The highest BCUT2D eigenvalue weighted by Crippen LogP contribution is 2.32. The summed E-state index contributed by atoms with van der Waals surface area (Å²) in [5, 5.41) is 4.98. The molecule has 0 spiro atoms. The minimum absolute atomic E-state index is 0.167. The van der Waals surface area contributed by atoms with Gasteiger partial charge >= 0.3 is 5.97 Å². The van der Waals surface area contributed by atoms with Crippen LogP contribution in [0.4, 0.5) is 0 Å². The van der Waals surface area contributed by atoms with E-state index in [4.69, 9.17) is 19.6 Å². The zero-order valence-corrected chi connectivity index (χ0v) is 30.9. The van der Waals surface area contributed by atoms with Crippen molar-refractivity contribution >= 4 is 35.1 Å². The Kier molecular flexibility index (Phi) is 10.9. The van der Waals surface area contributed by atoms with Crippen LogP contribution in [0.5, 0.6) is 5.75 Å². The van der Waals surface area contributed by atoms with Crippen LogP contribution in [0.2, 0.25) is 0 Å². The van der Waals surface area contributed by atoms with Gasteiger partial charge in [-0.05, 0) is 91.6 Å². The van der Waals surface area contributed by atoms with Crippen molar-refractivity contribution in [1.82, 2.24) is 14.3 Å². The molecule has 5 aromatic rings. The predicted octanol–water partition coefficient (Wildman–Crippen LogP) is 7.43. The minimum atomic E-state index is -0.682. The summed E-state index contributed by atoms with van der Waals surface area (Å²) in [7, 11) is 0. The lowest BCUT2D eigenvalue weighted by molar-refractivity contribution is -0.140. The number of hydrogen-bond acceptors (Lipinski definition) is 8. The van der Waals surface area contributed by atoms with Crippen molar-refractivity contribution in [2.24, 2.45) is 16.8 Å². The van der Waals surface area contributed by atoms with Gasteiger partial charge in [-0.25, -0.2) is 14.5 Å². The maximum Gasteiger partial charge on any atom is 0.338 e. The van der Waals surface area contributed by atoms with Crippen molar-refractivity contribution in [3.8, 4) is 22.7 Å². The van der Waals surface area contributed by atoms with Gasteiger partial charge in [0.15, 0.2) is 4.80 Å². The summed E-state index contributed by atoms with van der Waals surface area (Å²) in [6, 6.07) is 25.1. The lowest BCUT2D eigenvalue weighted by Crippen LogP contribution is -2.40. The van der Waals surface area contributed by atoms with Gasteiger partial charge in [0, 0.05) is 22.2 Å². The molecule has 50 heavy (non-hydrogen) atoms. The van der Waals surface area contributed by atoms with Crippen molar-refractivity contribution < 1.29 is 14.3 Å². The molecule has 3 heterocycles. The smallest absolute Gasteiger partial charge is 0.338 e. The summed E-state index contributed by atoms with van der Waals surface area (Å²) in [6.07, 6.45) is 6.81. The Labute approximate surface area is 300 Å². The van der Waals surface area contributed by atoms with E-state index in [2.05, 4.69) is 13.8 Å². The zero-order chi connectivity index (χ0) is 35.4. The quantitative estimate of drug-likeness (QED) is 0.0991. The number of carbonyl (C=O) groups is 1. The number of hydrogen-bond donors (Lipinski definition) is 0. The summed E-state index contributed by atoms with van der Waals surface area (Å²) in [5.41, 5.74) is 4.79. The van der Waals surface area contributed by atoms with Gasteiger partial charge in [-0.1, -0.05) is 69.4 Å². The second kappa shape index (κ2) is 15.5. The topological polar surface area (TPSA) is 87.7 Å². The standard InChI is InChI=1S/C40H42N4O4S2/c1-25(2)20-21-47-32-16-12-28(13-17-32)36-30(23-43(42-36)31-10-8-7-9-11-31)22-34-38(45)44-37(29-14-18-33(49-6)19-15-29)35(27(5)41-40(44)50-34)39(46)48-24-26(3)4/h7-19,22-23,25-26,37H,20-21,24H2,1-6H3. The maximum absolute atomic E-state index is 14.4. The van der Waals surface area contributed by atoms with Crippen LogP contribution in [0, 0.1) is 11.8 Å². The summed E-state index contributed by atoms with van der Waals surface area (Å²) >= 11 is 2.94.